The Kier molecular flexibility index (Phi) is 5.92. The zero-order chi connectivity index (χ0) is 21.0. The van der Waals surface area contributed by atoms with Gasteiger partial charge in [-0.1, -0.05) is 29.5 Å². The molecule has 3 aromatic rings. The van der Waals surface area contributed by atoms with Crippen molar-refractivity contribution in [3.63, 3.8) is 0 Å². The van der Waals surface area contributed by atoms with Gasteiger partial charge in [-0.15, -0.1) is 5.10 Å². The monoisotopic (exact) mass is 408 g/mol. The summed E-state index contributed by atoms with van der Waals surface area (Å²) in [5.41, 5.74) is -0.794. The minimum absolute atomic E-state index is 0.0148. The maximum absolute atomic E-state index is 13.6. The molecule has 0 atom stereocenters. The van der Waals surface area contributed by atoms with Gasteiger partial charge in [0.05, 0.1) is 12.3 Å². The minimum Gasteiger partial charge on any atom is -0.380 e. The van der Waals surface area contributed by atoms with Crippen molar-refractivity contribution in [2.75, 3.05) is 7.11 Å². The molecule has 0 aliphatic rings. The quantitative estimate of drug-likeness (QED) is 0.634. The number of amides is 1. The largest absolute Gasteiger partial charge is 0.435 e. The van der Waals surface area contributed by atoms with Crippen molar-refractivity contribution in [1.29, 1.82) is 0 Å². The molecule has 0 fully saturated rings. The first-order chi connectivity index (χ1) is 13.8. The standard InChI is InChI=1S/C19H16F4N4O2/c1-29-11-13-5-3-2-4-12(13)10-24-18(28)16-17(19(21,22)23)27(26-25-16)15-8-6-14(20)7-9-15/h2-9H,10-11H2,1H3,(H,24,28). The van der Waals surface area contributed by atoms with Crippen LogP contribution in [0.1, 0.15) is 27.3 Å². The number of hydrogen-bond donors (Lipinski definition) is 1. The van der Waals surface area contributed by atoms with Crippen LogP contribution in [0.15, 0.2) is 48.5 Å². The second-order valence-electron chi connectivity index (χ2n) is 6.06. The van der Waals surface area contributed by atoms with Gasteiger partial charge in [-0.3, -0.25) is 4.79 Å². The lowest BCUT2D eigenvalue weighted by atomic mass is 10.1. The van der Waals surface area contributed by atoms with Crippen LogP contribution in [0, 0.1) is 5.82 Å². The molecule has 0 aliphatic heterocycles. The summed E-state index contributed by atoms with van der Waals surface area (Å²) < 4.78 is 59.5. The van der Waals surface area contributed by atoms with Crippen molar-refractivity contribution in [3.8, 4) is 5.69 Å². The summed E-state index contributed by atoms with van der Waals surface area (Å²) in [5, 5.41) is 9.29. The number of nitrogens with one attached hydrogen (secondary N) is 1. The first kappa shape index (κ1) is 20.5. The number of benzene rings is 2. The molecule has 1 aromatic heterocycles. The van der Waals surface area contributed by atoms with Crippen LogP contribution in [-0.2, 0) is 24.1 Å². The van der Waals surface area contributed by atoms with Crippen molar-refractivity contribution in [2.24, 2.45) is 0 Å². The fourth-order valence-corrected chi connectivity index (χ4v) is 2.74. The van der Waals surface area contributed by atoms with E-state index >= 15 is 0 Å². The molecule has 152 valence electrons. The van der Waals surface area contributed by atoms with Gasteiger partial charge in [-0.25, -0.2) is 9.07 Å². The predicted octanol–water partition coefficient (Wildman–Crippen LogP) is 3.50. The highest BCUT2D eigenvalue weighted by atomic mass is 19.4. The van der Waals surface area contributed by atoms with Gasteiger partial charge in [-0.05, 0) is 35.4 Å². The fourth-order valence-electron chi connectivity index (χ4n) is 2.74. The first-order valence-electron chi connectivity index (χ1n) is 8.44. The van der Waals surface area contributed by atoms with Crippen LogP contribution in [-0.4, -0.2) is 28.0 Å². The Hall–Kier alpha value is -3.27. The zero-order valence-corrected chi connectivity index (χ0v) is 15.2. The van der Waals surface area contributed by atoms with E-state index in [2.05, 4.69) is 15.6 Å². The number of rotatable bonds is 6. The van der Waals surface area contributed by atoms with Crippen LogP contribution in [0.5, 0.6) is 0 Å². The molecular weight excluding hydrogens is 392 g/mol. The molecule has 0 unspecified atom stereocenters. The zero-order valence-electron chi connectivity index (χ0n) is 15.2. The third-order valence-electron chi connectivity index (χ3n) is 4.08. The van der Waals surface area contributed by atoms with Crippen LogP contribution in [0.25, 0.3) is 5.69 Å². The van der Waals surface area contributed by atoms with Crippen molar-refractivity contribution in [3.05, 3.63) is 76.9 Å². The Bertz CT molecular complexity index is 1000. The van der Waals surface area contributed by atoms with E-state index in [1.165, 1.54) is 7.11 Å². The fraction of sp³-hybridized carbons (Fsp3) is 0.211. The number of carbonyl (C=O) groups is 1. The van der Waals surface area contributed by atoms with E-state index in [1.54, 1.807) is 24.3 Å². The molecule has 2 aromatic carbocycles. The van der Waals surface area contributed by atoms with Crippen molar-refractivity contribution < 1.29 is 27.1 Å². The Labute approximate surface area is 163 Å². The van der Waals surface area contributed by atoms with Crippen LogP contribution in [0.3, 0.4) is 0 Å². The Morgan fingerprint density at radius 2 is 1.76 bits per heavy atom. The SMILES string of the molecule is COCc1ccccc1CNC(=O)c1nnn(-c2ccc(F)cc2)c1C(F)(F)F. The van der Waals surface area contributed by atoms with Crippen LogP contribution in [0.4, 0.5) is 17.6 Å². The average Bonchev–Trinajstić information content (AvgIpc) is 3.14. The number of alkyl halides is 3. The average molecular weight is 408 g/mol. The van der Waals surface area contributed by atoms with E-state index in [1.807, 2.05) is 0 Å². The molecule has 10 heteroatoms. The Morgan fingerprint density at radius 1 is 1.10 bits per heavy atom. The number of hydrogen-bond acceptors (Lipinski definition) is 4. The highest BCUT2D eigenvalue weighted by Gasteiger charge is 2.42. The van der Waals surface area contributed by atoms with Crippen LogP contribution >= 0.6 is 0 Å². The van der Waals surface area contributed by atoms with Crippen molar-refractivity contribution >= 4 is 5.91 Å². The van der Waals surface area contributed by atoms with Crippen molar-refractivity contribution in [2.45, 2.75) is 19.3 Å². The Balaban J connectivity index is 1.89. The number of carbonyl (C=O) groups excluding carboxylic acids is 1. The molecule has 0 spiro atoms. The number of aromatic nitrogens is 3. The lowest BCUT2D eigenvalue weighted by molar-refractivity contribution is -0.143. The number of ether oxygens (including phenoxy) is 1. The lowest BCUT2D eigenvalue weighted by Gasteiger charge is -2.12. The smallest absolute Gasteiger partial charge is 0.380 e. The van der Waals surface area contributed by atoms with E-state index in [-0.39, 0.29) is 12.2 Å². The lowest BCUT2D eigenvalue weighted by Crippen LogP contribution is -2.27. The summed E-state index contributed by atoms with van der Waals surface area (Å²) in [4.78, 5) is 12.4. The van der Waals surface area contributed by atoms with Crippen molar-refractivity contribution in [1.82, 2.24) is 20.3 Å². The van der Waals surface area contributed by atoms with Gasteiger partial charge in [0.2, 0.25) is 0 Å². The van der Waals surface area contributed by atoms with Gasteiger partial charge in [0.25, 0.3) is 5.91 Å². The summed E-state index contributed by atoms with van der Waals surface area (Å²) >= 11 is 0. The molecule has 0 bridgehead atoms. The number of methoxy groups -OCH3 is 1. The van der Waals surface area contributed by atoms with E-state index in [0.717, 1.165) is 29.8 Å². The molecule has 1 amide bonds. The van der Waals surface area contributed by atoms with E-state index in [9.17, 15) is 22.4 Å². The third kappa shape index (κ3) is 4.60. The van der Waals surface area contributed by atoms with Gasteiger partial charge >= 0.3 is 6.18 Å². The normalized spacial score (nSPS) is 11.5. The van der Waals surface area contributed by atoms with Crippen LogP contribution < -0.4 is 5.32 Å². The molecule has 6 nitrogen and oxygen atoms in total. The summed E-state index contributed by atoms with van der Waals surface area (Å²) in [7, 11) is 1.51. The second-order valence-corrected chi connectivity index (χ2v) is 6.06. The van der Waals surface area contributed by atoms with Crippen LogP contribution in [0.2, 0.25) is 0 Å². The maximum Gasteiger partial charge on any atom is 0.435 e. The molecule has 0 saturated carbocycles. The second kappa shape index (κ2) is 8.39. The van der Waals surface area contributed by atoms with E-state index < -0.39 is 29.3 Å². The third-order valence-corrected chi connectivity index (χ3v) is 4.08. The van der Waals surface area contributed by atoms with E-state index in [4.69, 9.17) is 4.74 Å². The van der Waals surface area contributed by atoms with Gasteiger partial charge in [0.1, 0.15) is 5.82 Å². The molecule has 0 saturated heterocycles. The van der Waals surface area contributed by atoms with E-state index in [0.29, 0.717) is 16.9 Å². The summed E-state index contributed by atoms with van der Waals surface area (Å²) in [6.45, 7) is 0.277. The molecule has 3 rings (SSSR count). The number of nitrogens with zero attached hydrogens (tertiary/aromatic N) is 3. The highest BCUT2D eigenvalue weighted by Crippen LogP contribution is 2.32. The summed E-state index contributed by atoms with van der Waals surface area (Å²) in [5.74, 6) is -1.65. The highest BCUT2D eigenvalue weighted by molar-refractivity contribution is 5.93. The minimum atomic E-state index is -4.90. The molecule has 1 N–H and O–H groups in total. The predicted molar refractivity (Wildman–Crippen MR) is 94.6 cm³/mol. The molecular formula is C19H16F4N4O2. The first-order valence-corrected chi connectivity index (χ1v) is 8.44. The molecule has 0 aliphatic carbocycles. The van der Waals surface area contributed by atoms with Gasteiger partial charge in [0.15, 0.2) is 11.4 Å². The summed E-state index contributed by atoms with van der Waals surface area (Å²) in [6.07, 6.45) is -4.90. The molecule has 1 heterocycles. The summed E-state index contributed by atoms with van der Waals surface area (Å²) in [6, 6.07) is 11.3. The molecule has 29 heavy (non-hydrogen) atoms. The topological polar surface area (TPSA) is 69.0 Å². The van der Waals surface area contributed by atoms with Gasteiger partial charge in [-0.2, -0.15) is 13.2 Å². The van der Waals surface area contributed by atoms with Gasteiger partial charge < -0.3 is 10.1 Å². The number of halogens is 4. The molecule has 0 radical (unpaired) electrons. The Morgan fingerprint density at radius 3 is 2.38 bits per heavy atom. The van der Waals surface area contributed by atoms with Gasteiger partial charge in [0, 0.05) is 13.7 Å². The maximum atomic E-state index is 13.6.